The van der Waals surface area contributed by atoms with E-state index in [1.54, 1.807) is 0 Å². The van der Waals surface area contributed by atoms with Gasteiger partial charge in [0.05, 0.1) is 5.69 Å². The highest BCUT2D eigenvalue weighted by molar-refractivity contribution is 9.11. The zero-order chi connectivity index (χ0) is 9.84. The first-order valence-electron chi connectivity index (χ1n) is 3.83. The van der Waals surface area contributed by atoms with Gasteiger partial charge in [-0.15, -0.1) is 0 Å². The van der Waals surface area contributed by atoms with Crippen LogP contribution in [0.25, 0.3) is 0 Å². The van der Waals surface area contributed by atoms with Gasteiger partial charge in [-0.25, -0.2) is 0 Å². The molecule has 72 valence electrons. The van der Waals surface area contributed by atoms with Gasteiger partial charge < -0.3 is 16.8 Å². The van der Waals surface area contributed by atoms with E-state index in [-0.39, 0.29) is 0 Å². The van der Waals surface area contributed by atoms with Crippen LogP contribution in [0.1, 0.15) is 0 Å². The molecule has 0 saturated heterocycles. The zero-order valence-corrected chi connectivity index (χ0v) is 10.2. The van der Waals surface area contributed by atoms with Crippen LogP contribution in [0.15, 0.2) is 21.1 Å². The van der Waals surface area contributed by atoms with Crippen LogP contribution in [0.3, 0.4) is 0 Å². The van der Waals surface area contributed by atoms with E-state index in [0.717, 1.165) is 21.2 Å². The molecule has 0 amide bonds. The molecule has 0 atom stereocenters. The van der Waals surface area contributed by atoms with Crippen molar-refractivity contribution in [3.8, 4) is 0 Å². The average Bonchev–Trinajstić information content (AvgIpc) is 2.10. The maximum absolute atomic E-state index is 5.73. The second-order valence-corrected chi connectivity index (χ2v) is 4.28. The van der Waals surface area contributed by atoms with Crippen molar-refractivity contribution in [2.45, 2.75) is 0 Å². The summed E-state index contributed by atoms with van der Waals surface area (Å²) in [4.78, 5) is 0. The van der Waals surface area contributed by atoms with Crippen molar-refractivity contribution in [2.75, 3.05) is 24.1 Å². The molecule has 13 heavy (non-hydrogen) atoms. The van der Waals surface area contributed by atoms with Crippen LogP contribution >= 0.6 is 31.9 Å². The van der Waals surface area contributed by atoms with E-state index in [4.69, 9.17) is 11.5 Å². The molecule has 3 nitrogen and oxygen atoms in total. The van der Waals surface area contributed by atoms with Crippen LogP contribution in [0, 0.1) is 0 Å². The van der Waals surface area contributed by atoms with Crippen molar-refractivity contribution >= 4 is 43.2 Å². The first-order valence-corrected chi connectivity index (χ1v) is 5.42. The van der Waals surface area contributed by atoms with Gasteiger partial charge in [0.15, 0.2) is 0 Å². The average molecular weight is 309 g/mol. The molecule has 1 rings (SSSR count). The quantitative estimate of drug-likeness (QED) is 0.750. The number of nitrogens with one attached hydrogen (secondary N) is 1. The smallest absolute Gasteiger partial charge is 0.0604 e. The second kappa shape index (κ2) is 4.83. The fraction of sp³-hybridized carbons (Fsp3) is 0.250. The molecule has 0 fully saturated rings. The lowest BCUT2D eigenvalue weighted by Gasteiger charge is -2.08. The Morgan fingerprint density at radius 2 is 1.77 bits per heavy atom. The molecule has 0 heterocycles. The lowest BCUT2D eigenvalue weighted by molar-refractivity contribution is 1.02. The number of benzene rings is 1. The summed E-state index contributed by atoms with van der Waals surface area (Å²) in [6.07, 6.45) is 0. The summed E-state index contributed by atoms with van der Waals surface area (Å²) in [5.74, 6) is 0. The molecule has 0 saturated carbocycles. The van der Waals surface area contributed by atoms with Gasteiger partial charge in [0.2, 0.25) is 0 Å². The third-order valence-corrected chi connectivity index (χ3v) is 2.86. The van der Waals surface area contributed by atoms with Crippen LogP contribution in [0.5, 0.6) is 0 Å². The molecule has 0 bridgehead atoms. The van der Waals surface area contributed by atoms with Crippen LogP contribution in [-0.4, -0.2) is 13.1 Å². The monoisotopic (exact) mass is 307 g/mol. The van der Waals surface area contributed by atoms with Crippen molar-refractivity contribution in [2.24, 2.45) is 5.73 Å². The van der Waals surface area contributed by atoms with Crippen LogP contribution in [0.4, 0.5) is 11.4 Å². The first-order chi connectivity index (χ1) is 6.15. The minimum Gasteiger partial charge on any atom is -0.397 e. The third kappa shape index (κ3) is 2.86. The van der Waals surface area contributed by atoms with Crippen molar-refractivity contribution in [1.29, 1.82) is 0 Å². The van der Waals surface area contributed by atoms with Gasteiger partial charge in [-0.3, -0.25) is 0 Å². The van der Waals surface area contributed by atoms with E-state index in [2.05, 4.69) is 37.2 Å². The maximum atomic E-state index is 5.73. The number of halogens is 2. The summed E-state index contributed by atoms with van der Waals surface area (Å²) in [6, 6.07) is 3.85. The standard InChI is InChI=1S/C8H11Br2N3/c9-6-3-5(13-2-1-11)4-7(10)8(6)12/h3-4,13H,1-2,11-12H2. The van der Waals surface area contributed by atoms with Crippen LogP contribution in [0.2, 0.25) is 0 Å². The van der Waals surface area contributed by atoms with E-state index < -0.39 is 0 Å². The molecular formula is C8H11Br2N3. The van der Waals surface area contributed by atoms with Crippen molar-refractivity contribution in [3.05, 3.63) is 21.1 Å². The summed E-state index contributed by atoms with van der Waals surface area (Å²) < 4.78 is 1.75. The highest BCUT2D eigenvalue weighted by Crippen LogP contribution is 2.31. The molecule has 0 radical (unpaired) electrons. The second-order valence-electron chi connectivity index (χ2n) is 2.57. The highest BCUT2D eigenvalue weighted by atomic mass is 79.9. The van der Waals surface area contributed by atoms with Crippen LogP contribution in [-0.2, 0) is 0 Å². The van der Waals surface area contributed by atoms with Gasteiger partial charge in [-0.1, -0.05) is 0 Å². The summed E-state index contributed by atoms with van der Waals surface area (Å²) in [6.45, 7) is 1.36. The summed E-state index contributed by atoms with van der Waals surface area (Å²) >= 11 is 6.73. The maximum Gasteiger partial charge on any atom is 0.0604 e. The molecular weight excluding hydrogens is 298 g/mol. The Balaban J connectivity index is 2.86. The van der Waals surface area contributed by atoms with E-state index in [0.29, 0.717) is 12.2 Å². The highest BCUT2D eigenvalue weighted by Gasteiger charge is 2.02. The molecule has 5 heteroatoms. The van der Waals surface area contributed by atoms with E-state index in [9.17, 15) is 0 Å². The van der Waals surface area contributed by atoms with Crippen molar-refractivity contribution in [3.63, 3.8) is 0 Å². The van der Waals surface area contributed by atoms with Gasteiger partial charge in [0.25, 0.3) is 0 Å². The number of anilines is 2. The molecule has 0 aliphatic heterocycles. The number of hydrogen-bond acceptors (Lipinski definition) is 3. The Hall–Kier alpha value is -0.260. The predicted octanol–water partition coefficient (Wildman–Crippen LogP) is 2.16. The van der Waals surface area contributed by atoms with Gasteiger partial charge in [0, 0.05) is 27.7 Å². The molecule has 0 aliphatic carbocycles. The lowest BCUT2D eigenvalue weighted by atomic mass is 10.3. The van der Waals surface area contributed by atoms with E-state index in [1.807, 2.05) is 12.1 Å². The molecule has 0 aliphatic rings. The minimum absolute atomic E-state index is 0.611. The lowest BCUT2D eigenvalue weighted by Crippen LogP contribution is -2.13. The van der Waals surface area contributed by atoms with Gasteiger partial charge in [0.1, 0.15) is 0 Å². The number of nitrogens with two attached hydrogens (primary N) is 2. The van der Waals surface area contributed by atoms with Gasteiger partial charge in [-0.2, -0.15) is 0 Å². The van der Waals surface area contributed by atoms with E-state index in [1.165, 1.54) is 0 Å². The number of nitrogen functional groups attached to an aromatic ring is 1. The summed E-state index contributed by atoms with van der Waals surface area (Å²) in [7, 11) is 0. The van der Waals surface area contributed by atoms with Crippen molar-refractivity contribution < 1.29 is 0 Å². The first kappa shape index (κ1) is 10.8. The van der Waals surface area contributed by atoms with Crippen LogP contribution < -0.4 is 16.8 Å². The fourth-order valence-electron chi connectivity index (χ4n) is 0.903. The predicted molar refractivity (Wildman–Crippen MR) is 63.8 cm³/mol. The molecule has 0 unspecified atom stereocenters. The molecule has 5 N–H and O–H groups in total. The van der Waals surface area contributed by atoms with Gasteiger partial charge in [-0.05, 0) is 44.0 Å². The Kier molecular flexibility index (Phi) is 4.02. The zero-order valence-electron chi connectivity index (χ0n) is 6.98. The topological polar surface area (TPSA) is 64.1 Å². The van der Waals surface area contributed by atoms with Gasteiger partial charge >= 0.3 is 0 Å². The molecule has 0 spiro atoms. The Labute approximate surface area is 94.1 Å². The Bertz CT molecular complexity index is 278. The minimum atomic E-state index is 0.611. The van der Waals surface area contributed by atoms with Crippen molar-refractivity contribution in [1.82, 2.24) is 0 Å². The number of hydrogen-bond donors (Lipinski definition) is 3. The summed E-state index contributed by atoms with van der Waals surface area (Å²) in [5, 5.41) is 3.16. The summed E-state index contributed by atoms with van der Waals surface area (Å²) in [5.41, 5.74) is 12.8. The Morgan fingerprint density at radius 1 is 1.23 bits per heavy atom. The normalized spacial score (nSPS) is 10.1. The molecule has 1 aromatic carbocycles. The fourth-order valence-corrected chi connectivity index (χ4v) is 2.09. The number of rotatable bonds is 3. The van der Waals surface area contributed by atoms with E-state index >= 15 is 0 Å². The Morgan fingerprint density at radius 3 is 2.23 bits per heavy atom. The third-order valence-electron chi connectivity index (χ3n) is 1.55. The molecule has 0 aromatic heterocycles. The molecule has 1 aromatic rings. The largest absolute Gasteiger partial charge is 0.397 e. The SMILES string of the molecule is NCCNc1cc(Br)c(N)c(Br)c1.